The molecule has 2 rings (SSSR count). The first kappa shape index (κ1) is 14.7. The van der Waals surface area contributed by atoms with Gasteiger partial charge in [0, 0.05) is 18.3 Å². The number of hydrogen-bond donors (Lipinski definition) is 3. The molecule has 6 nitrogen and oxygen atoms in total. The molecule has 1 aromatic rings. The van der Waals surface area contributed by atoms with Crippen molar-refractivity contribution in [3.63, 3.8) is 0 Å². The lowest BCUT2D eigenvalue weighted by molar-refractivity contribution is 0.0492. The van der Waals surface area contributed by atoms with E-state index in [1.165, 1.54) is 0 Å². The van der Waals surface area contributed by atoms with Crippen LogP contribution in [0.5, 0.6) is 0 Å². The van der Waals surface area contributed by atoms with Crippen LogP contribution in [0, 0.1) is 0 Å². The van der Waals surface area contributed by atoms with E-state index in [1.54, 1.807) is 6.20 Å². The van der Waals surface area contributed by atoms with Crippen LogP contribution in [0.1, 0.15) is 46.5 Å². The molecule has 3 N–H and O–H groups in total. The highest BCUT2D eigenvalue weighted by atomic mass is 16.6. The highest BCUT2D eigenvalue weighted by Crippen LogP contribution is 2.22. The van der Waals surface area contributed by atoms with Gasteiger partial charge in [0.25, 0.3) is 0 Å². The Bertz CT molecular complexity index is 425. The number of ether oxygens (including phenoxy) is 1. The van der Waals surface area contributed by atoms with Crippen molar-refractivity contribution in [2.24, 2.45) is 0 Å². The van der Waals surface area contributed by atoms with E-state index in [9.17, 15) is 4.79 Å². The molecule has 1 heterocycles. The molecule has 2 atom stereocenters. The number of carbonyl (C=O) groups is 1. The maximum Gasteiger partial charge on any atom is 0.407 e. The number of H-pyrrole nitrogens is 1. The Balaban J connectivity index is 1.80. The number of alkyl carbamates (subject to hydrolysis) is 1. The van der Waals surface area contributed by atoms with Gasteiger partial charge >= 0.3 is 6.09 Å². The zero-order valence-corrected chi connectivity index (χ0v) is 12.4. The highest BCUT2D eigenvalue weighted by molar-refractivity contribution is 5.68. The van der Waals surface area contributed by atoms with E-state index >= 15 is 0 Å². The van der Waals surface area contributed by atoms with E-state index in [0.717, 1.165) is 31.4 Å². The molecule has 1 aliphatic rings. The van der Waals surface area contributed by atoms with E-state index in [-0.39, 0.29) is 12.1 Å². The Morgan fingerprint density at radius 3 is 2.80 bits per heavy atom. The van der Waals surface area contributed by atoms with Crippen LogP contribution in [0.3, 0.4) is 0 Å². The number of nitrogens with one attached hydrogen (secondary N) is 3. The summed E-state index contributed by atoms with van der Waals surface area (Å²) in [7, 11) is 0. The minimum Gasteiger partial charge on any atom is -0.444 e. The Morgan fingerprint density at radius 2 is 2.15 bits per heavy atom. The van der Waals surface area contributed by atoms with Crippen molar-refractivity contribution < 1.29 is 9.53 Å². The van der Waals surface area contributed by atoms with Gasteiger partial charge in [0.2, 0.25) is 0 Å². The zero-order valence-electron chi connectivity index (χ0n) is 12.4. The summed E-state index contributed by atoms with van der Waals surface area (Å²) in [5.41, 5.74) is 0.542. The predicted molar refractivity (Wildman–Crippen MR) is 77.6 cm³/mol. The van der Waals surface area contributed by atoms with Crippen LogP contribution in [-0.4, -0.2) is 34.0 Å². The average molecular weight is 280 g/mol. The van der Waals surface area contributed by atoms with Crippen molar-refractivity contribution in [3.8, 4) is 0 Å². The maximum absolute atomic E-state index is 11.8. The lowest BCUT2D eigenvalue weighted by atomic mass is 9.91. The fourth-order valence-corrected chi connectivity index (χ4v) is 2.49. The molecule has 0 radical (unpaired) electrons. The Hall–Kier alpha value is -1.72. The van der Waals surface area contributed by atoms with E-state index in [4.69, 9.17) is 4.74 Å². The Morgan fingerprint density at radius 1 is 1.40 bits per heavy atom. The van der Waals surface area contributed by atoms with Gasteiger partial charge in [-0.15, -0.1) is 0 Å². The van der Waals surface area contributed by atoms with Crippen molar-refractivity contribution in [2.75, 3.05) is 5.32 Å². The molecule has 1 aliphatic carbocycles. The van der Waals surface area contributed by atoms with Gasteiger partial charge in [-0.2, -0.15) is 5.10 Å². The summed E-state index contributed by atoms with van der Waals surface area (Å²) >= 11 is 0. The van der Waals surface area contributed by atoms with Crippen LogP contribution < -0.4 is 10.6 Å². The number of rotatable bonds is 3. The van der Waals surface area contributed by atoms with E-state index < -0.39 is 5.60 Å². The zero-order chi connectivity index (χ0) is 14.6. The molecule has 1 saturated carbocycles. The molecule has 2 unspecified atom stereocenters. The second kappa shape index (κ2) is 6.15. The molecule has 6 heteroatoms. The van der Waals surface area contributed by atoms with Gasteiger partial charge in [0.1, 0.15) is 5.60 Å². The first-order valence-corrected chi connectivity index (χ1v) is 7.17. The minimum atomic E-state index is -0.451. The van der Waals surface area contributed by atoms with E-state index in [1.807, 2.05) is 27.0 Å². The van der Waals surface area contributed by atoms with Gasteiger partial charge in [-0.25, -0.2) is 4.79 Å². The van der Waals surface area contributed by atoms with Gasteiger partial charge in [-0.05, 0) is 46.5 Å². The number of carbonyl (C=O) groups excluding carboxylic acids is 1. The summed E-state index contributed by atoms with van der Waals surface area (Å²) in [6.45, 7) is 5.62. The lowest BCUT2D eigenvalue weighted by Gasteiger charge is -2.31. The van der Waals surface area contributed by atoms with Gasteiger partial charge in [-0.3, -0.25) is 5.10 Å². The third-order valence-electron chi connectivity index (χ3n) is 3.26. The fraction of sp³-hybridized carbons (Fsp3) is 0.714. The van der Waals surface area contributed by atoms with Gasteiger partial charge in [0.05, 0.1) is 11.9 Å². The Labute approximate surface area is 119 Å². The average Bonchev–Trinajstić information content (AvgIpc) is 2.79. The molecular formula is C14H24N4O2. The molecular weight excluding hydrogens is 256 g/mol. The molecule has 0 bridgehead atoms. The second-order valence-electron chi connectivity index (χ2n) is 6.34. The van der Waals surface area contributed by atoms with Crippen LogP contribution in [0.2, 0.25) is 0 Å². The standard InChI is InChI=1S/C14H24N4O2/c1-14(2,3)20-13(19)18-11-6-4-5-10(7-11)17-12-8-15-16-9-12/h8-11,17H,4-7H2,1-3H3,(H,15,16)(H,18,19). The third kappa shape index (κ3) is 4.75. The normalized spacial score (nSPS) is 23.1. The summed E-state index contributed by atoms with van der Waals surface area (Å²) in [5, 5.41) is 13.1. The second-order valence-corrected chi connectivity index (χ2v) is 6.34. The molecule has 0 aliphatic heterocycles. The van der Waals surface area contributed by atoms with Crippen molar-refractivity contribution >= 4 is 11.8 Å². The number of aromatic amines is 1. The summed E-state index contributed by atoms with van der Waals surface area (Å²) in [4.78, 5) is 11.8. The molecule has 112 valence electrons. The number of nitrogens with zero attached hydrogens (tertiary/aromatic N) is 1. The summed E-state index contributed by atoms with van der Waals surface area (Å²) < 4.78 is 5.30. The van der Waals surface area contributed by atoms with Gasteiger partial charge < -0.3 is 15.4 Å². The van der Waals surface area contributed by atoms with Crippen LogP contribution >= 0.6 is 0 Å². The third-order valence-corrected chi connectivity index (χ3v) is 3.26. The van der Waals surface area contributed by atoms with Gasteiger partial charge in [0.15, 0.2) is 0 Å². The SMILES string of the molecule is CC(C)(C)OC(=O)NC1CCCC(Nc2cn[nH]c2)C1. The van der Waals surface area contributed by atoms with Gasteiger partial charge in [-0.1, -0.05) is 0 Å². The number of aromatic nitrogens is 2. The monoisotopic (exact) mass is 280 g/mol. The van der Waals surface area contributed by atoms with Crippen LogP contribution in [0.4, 0.5) is 10.5 Å². The lowest BCUT2D eigenvalue weighted by Crippen LogP contribution is -2.43. The fourth-order valence-electron chi connectivity index (χ4n) is 2.49. The first-order valence-electron chi connectivity index (χ1n) is 7.17. The molecule has 0 aromatic carbocycles. The quantitative estimate of drug-likeness (QED) is 0.795. The molecule has 1 aromatic heterocycles. The van der Waals surface area contributed by atoms with Crippen molar-refractivity contribution in [1.82, 2.24) is 15.5 Å². The first-order chi connectivity index (χ1) is 9.42. The smallest absolute Gasteiger partial charge is 0.407 e. The maximum atomic E-state index is 11.8. The van der Waals surface area contributed by atoms with Crippen molar-refractivity contribution in [3.05, 3.63) is 12.4 Å². The van der Waals surface area contributed by atoms with Crippen LogP contribution in [0.15, 0.2) is 12.4 Å². The summed E-state index contributed by atoms with van der Waals surface area (Å²) in [6, 6.07) is 0.532. The summed E-state index contributed by atoms with van der Waals surface area (Å²) in [6.07, 6.45) is 7.39. The van der Waals surface area contributed by atoms with E-state index in [2.05, 4.69) is 20.8 Å². The molecule has 0 spiro atoms. The van der Waals surface area contributed by atoms with Crippen molar-refractivity contribution in [2.45, 2.75) is 64.1 Å². The number of hydrogen-bond acceptors (Lipinski definition) is 4. The highest BCUT2D eigenvalue weighted by Gasteiger charge is 2.25. The minimum absolute atomic E-state index is 0.169. The predicted octanol–water partition coefficient (Wildman–Crippen LogP) is 2.66. The molecule has 0 saturated heterocycles. The topological polar surface area (TPSA) is 79.0 Å². The summed E-state index contributed by atoms with van der Waals surface area (Å²) in [5.74, 6) is 0. The Kier molecular flexibility index (Phi) is 4.52. The largest absolute Gasteiger partial charge is 0.444 e. The molecule has 1 amide bonds. The molecule has 1 fully saturated rings. The van der Waals surface area contributed by atoms with Crippen molar-refractivity contribution in [1.29, 1.82) is 0 Å². The van der Waals surface area contributed by atoms with E-state index in [0.29, 0.717) is 6.04 Å². The number of anilines is 1. The van der Waals surface area contributed by atoms with Crippen LogP contribution in [0.25, 0.3) is 0 Å². The van der Waals surface area contributed by atoms with Crippen LogP contribution in [-0.2, 0) is 4.74 Å². The number of amides is 1. The molecule has 20 heavy (non-hydrogen) atoms.